The fraction of sp³-hybridized carbons (Fsp3) is 0.435. The summed E-state index contributed by atoms with van der Waals surface area (Å²) in [6.07, 6.45) is 3.69. The second-order valence-corrected chi connectivity index (χ2v) is 10.1. The summed E-state index contributed by atoms with van der Waals surface area (Å²) in [7, 11) is -3.50. The molecule has 2 aromatic carbocycles. The summed E-state index contributed by atoms with van der Waals surface area (Å²) in [5.41, 5.74) is 4.23. The van der Waals surface area contributed by atoms with Crippen molar-refractivity contribution in [3.63, 3.8) is 0 Å². The Morgan fingerprint density at radius 1 is 0.967 bits per heavy atom. The van der Waals surface area contributed by atoms with Gasteiger partial charge in [0.05, 0.1) is 12.8 Å². The first-order valence-electron chi connectivity index (χ1n) is 10.4. The van der Waals surface area contributed by atoms with Crippen LogP contribution in [-0.4, -0.2) is 49.4 Å². The van der Waals surface area contributed by atoms with E-state index >= 15 is 0 Å². The number of nitrogens with zero attached hydrogens (tertiary/aromatic N) is 2. The van der Waals surface area contributed by atoms with Gasteiger partial charge in [-0.25, -0.2) is 8.42 Å². The lowest BCUT2D eigenvalue weighted by Crippen LogP contribution is -2.39. The first-order chi connectivity index (χ1) is 14.3. The first-order valence-corrected chi connectivity index (χ1v) is 12.2. The molecule has 7 heteroatoms. The van der Waals surface area contributed by atoms with Gasteiger partial charge in [0.2, 0.25) is 15.9 Å². The van der Waals surface area contributed by atoms with E-state index in [1.807, 2.05) is 43.3 Å². The van der Waals surface area contributed by atoms with Gasteiger partial charge in [-0.05, 0) is 49.5 Å². The van der Waals surface area contributed by atoms with Gasteiger partial charge >= 0.3 is 0 Å². The molecular formula is C23H31N3O3S. The standard InChI is InChI=1S/C23H31N3O3S/c1-19-5-7-22(8-6-19)17-26(30(2,28)29)18-23(27)24-15-20-9-11-21(12-10-20)16-25-13-3-4-14-25/h5-12H,3-4,13-18H2,1-2H3,(H,24,27). The third-order valence-corrected chi connectivity index (χ3v) is 6.58. The van der Waals surface area contributed by atoms with Crippen molar-refractivity contribution < 1.29 is 13.2 Å². The highest BCUT2D eigenvalue weighted by molar-refractivity contribution is 7.88. The van der Waals surface area contributed by atoms with Crippen molar-refractivity contribution in [1.82, 2.24) is 14.5 Å². The average Bonchev–Trinajstić information content (AvgIpc) is 3.21. The Kier molecular flexibility index (Phi) is 7.64. The molecule has 3 rings (SSSR count). The molecule has 1 heterocycles. The fourth-order valence-electron chi connectivity index (χ4n) is 3.57. The molecule has 1 aliphatic rings. The molecule has 0 unspecified atom stereocenters. The van der Waals surface area contributed by atoms with Crippen molar-refractivity contribution in [2.45, 2.75) is 39.4 Å². The number of aryl methyl sites for hydroxylation is 1. The lowest BCUT2D eigenvalue weighted by molar-refractivity contribution is -0.121. The van der Waals surface area contributed by atoms with Crippen LogP contribution in [-0.2, 0) is 34.5 Å². The third kappa shape index (κ3) is 6.93. The SMILES string of the molecule is Cc1ccc(CN(CC(=O)NCc2ccc(CN3CCCC3)cc2)S(C)(=O)=O)cc1. The Bertz CT molecular complexity index is 935. The molecule has 2 aromatic rings. The molecule has 0 aliphatic carbocycles. The Morgan fingerprint density at radius 2 is 1.53 bits per heavy atom. The number of carbonyl (C=O) groups excluding carboxylic acids is 1. The van der Waals surface area contributed by atoms with Gasteiger partial charge in [0.1, 0.15) is 0 Å². The lowest BCUT2D eigenvalue weighted by Gasteiger charge is -2.20. The number of sulfonamides is 1. The van der Waals surface area contributed by atoms with Crippen LogP contribution in [0.15, 0.2) is 48.5 Å². The maximum Gasteiger partial charge on any atom is 0.235 e. The predicted octanol–water partition coefficient (Wildman–Crippen LogP) is 2.67. The summed E-state index contributed by atoms with van der Waals surface area (Å²) in [6.45, 7) is 5.64. The van der Waals surface area contributed by atoms with Gasteiger partial charge in [0.25, 0.3) is 0 Å². The van der Waals surface area contributed by atoms with E-state index in [9.17, 15) is 13.2 Å². The van der Waals surface area contributed by atoms with Gasteiger partial charge in [0, 0.05) is 19.6 Å². The van der Waals surface area contributed by atoms with Crippen LogP contribution in [0.1, 0.15) is 35.1 Å². The number of nitrogens with one attached hydrogen (secondary N) is 1. The zero-order valence-corrected chi connectivity index (χ0v) is 18.6. The van der Waals surface area contributed by atoms with E-state index in [4.69, 9.17) is 0 Å². The van der Waals surface area contributed by atoms with Crippen LogP contribution < -0.4 is 5.32 Å². The maximum atomic E-state index is 12.4. The smallest absolute Gasteiger partial charge is 0.235 e. The fourth-order valence-corrected chi connectivity index (χ4v) is 4.30. The number of rotatable bonds is 9. The lowest BCUT2D eigenvalue weighted by atomic mass is 10.1. The van der Waals surface area contributed by atoms with Gasteiger partial charge in [0.15, 0.2) is 0 Å². The van der Waals surface area contributed by atoms with Gasteiger partial charge in [-0.1, -0.05) is 54.1 Å². The van der Waals surface area contributed by atoms with E-state index in [1.54, 1.807) is 0 Å². The Hall–Kier alpha value is -2.22. The molecule has 0 bridgehead atoms. The topological polar surface area (TPSA) is 69.7 Å². The number of likely N-dealkylation sites (tertiary alicyclic amines) is 1. The Morgan fingerprint density at radius 3 is 2.13 bits per heavy atom. The van der Waals surface area contributed by atoms with E-state index in [0.29, 0.717) is 6.54 Å². The summed E-state index contributed by atoms with van der Waals surface area (Å²) >= 11 is 0. The molecule has 1 fully saturated rings. The van der Waals surface area contributed by atoms with E-state index in [2.05, 4.69) is 22.3 Å². The van der Waals surface area contributed by atoms with Crippen LogP contribution in [0.2, 0.25) is 0 Å². The van der Waals surface area contributed by atoms with Gasteiger partial charge in [-0.15, -0.1) is 0 Å². The predicted molar refractivity (Wildman–Crippen MR) is 119 cm³/mol. The number of hydrogen-bond acceptors (Lipinski definition) is 4. The molecule has 1 N–H and O–H groups in total. The van der Waals surface area contributed by atoms with Gasteiger partial charge in [-0.2, -0.15) is 4.31 Å². The molecule has 162 valence electrons. The van der Waals surface area contributed by atoms with Crippen LogP contribution in [0, 0.1) is 6.92 Å². The first kappa shape index (κ1) is 22.5. The summed E-state index contributed by atoms with van der Waals surface area (Å²) in [4.78, 5) is 14.8. The Labute approximate surface area is 179 Å². The molecule has 0 atom stereocenters. The maximum absolute atomic E-state index is 12.4. The summed E-state index contributed by atoms with van der Waals surface area (Å²) in [5.74, 6) is -0.311. The third-order valence-electron chi connectivity index (χ3n) is 5.39. The van der Waals surface area contributed by atoms with Crippen LogP contribution in [0.4, 0.5) is 0 Å². The number of carbonyl (C=O) groups is 1. The summed E-state index contributed by atoms with van der Waals surface area (Å²) in [5, 5.41) is 2.83. The molecule has 0 aromatic heterocycles. The molecule has 30 heavy (non-hydrogen) atoms. The van der Waals surface area contributed by atoms with E-state index in [0.717, 1.165) is 42.6 Å². The van der Waals surface area contributed by atoms with Crippen molar-refractivity contribution in [2.75, 3.05) is 25.9 Å². The minimum Gasteiger partial charge on any atom is -0.351 e. The van der Waals surface area contributed by atoms with Crippen molar-refractivity contribution in [2.24, 2.45) is 0 Å². The van der Waals surface area contributed by atoms with E-state index < -0.39 is 10.0 Å². The van der Waals surface area contributed by atoms with Gasteiger partial charge < -0.3 is 5.32 Å². The molecule has 6 nitrogen and oxygen atoms in total. The number of amides is 1. The zero-order chi connectivity index (χ0) is 21.6. The van der Waals surface area contributed by atoms with Crippen LogP contribution in [0.25, 0.3) is 0 Å². The highest BCUT2D eigenvalue weighted by Crippen LogP contribution is 2.14. The number of benzene rings is 2. The number of hydrogen-bond donors (Lipinski definition) is 1. The second-order valence-electron chi connectivity index (χ2n) is 8.09. The van der Waals surface area contributed by atoms with Crippen LogP contribution in [0.5, 0.6) is 0 Å². The molecule has 0 spiro atoms. The van der Waals surface area contributed by atoms with E-state index in [-0.39, 0.29) is 19.0 Å². The largest absolute Gasteiger partial charge is 0.351 e. The molecular weight excluding hydrogens is 398 g/mol. The minimum absolute atomic E-state index is 0.178. The highest BCUT2D eigenvalue weighted by atomic mass is 32.2. The molecule has 1 amide bonds. The van der Waals surface area contributed by atoms with Crippen LogP contribution >= 0.6 is 0 Å². The minimum atomic E-state index is -3.50. The van der Waals surface area contributed by atoms with E-state index in [1.165, 1.54) is 22.7 Å². The van der Waals surface area contributed by atoms with Crippen molar-refractivity contribution >= 4 is 15.9 Å². The zero-order valence-electron chi connectivity index (χ0n) is 17.8. The molecule has 1 saturated heterocycles. The quantitative estimate of drug-likeness (QED) is 0.665. The summed E-state index contributed by atoms with van der Waals surface area (Å²) in [6, 6.07) is 15.9. The van der Waals surface area contributed by atoms with Crippen molar-refractivity contribution in [3.8, 4) is 0 Å². The summed E-state index contributed by atoms with van der Waals surface area (Å²) < 4.78 is 25.5. The average molecular weight is 430 g/mol. The Balaban J connectivity index is 1.51. The monoisotopic (exact) mass is 429 g/mol. The second kappa shape index (κ2) is 10.2. The molecule has 1 aliphatic heterocycles. The van der Waals surface area contributed by atoms with Crippen molar-refractivity contribution in [1.29, 1.82) is 0 Å². The normalized spacial score (nSPS) is 14.9. The van der Waals surface area contributed by atoms with Gasteiger partial charge in [-0.3, -0.25) is 9.69 Å². The molecule has 0 radical (unpaired) electrons. The molecule has 0 saturated carbocycles. The van der Waals surface area contributed by atoms with Crippen LogP contribution in [0.3, 0.4) is 0 Å². The van der Waals surface area contributed by atoms with Crippen molar-refractivity contribution in [3.05, 3.63) is 70.8 Å². The highest BCUT2D eigenvalue weighted by Gasteiger charge is 2.20.